The lowest BCUT2D eigenvalue weighted by Crippen LogP contribution is -2.06. The van der Waals surface area contributed by atoms with Gasteiger partial charge in [0.2, 0.25) is 0 Å². The molecule has 1 aromatic heterocycles. The molecular weight excluding hydrogens is 707 g/mol. The van der Waals surface area contributed by atoms with Gasteiger partial charge in [0.25, 0.3) is 0 Å². The van der Waals surface area contributed by atoms with E-state index in [0.717, 1.165) is 45.3 Å². The Balaban J connectivity index is 0.000000223. The zero-order valence-electron chi connectivity index (χ0n) is 30.9. The van der Waals surface area contributed by atoms with Crippen LogP contribution in [0.1, 0.15) is 68.4 Å². The predicted molar refractivity (Wildman–Crippen MR) is 204 cm³/mol. The van der Waals surface area contributed by atoms with E-state index in [2.05, 4.69) is 0 Å². The minimum Gasteiger partial charge on any atom is -0.488 e. The highest BCUT2D eigenvalue weighted by Gasteiger charge is 2.18. The number of Topliss-reactive ketones (excluding diaryl/α,β-unsaturated/α-hetero) is 2. The first-order valence-corrected chi connectivity index (χ1v) is 17.5. The summed E-state index contributed by atoms with van der Waals surface area (Å²) in [5.41, 5.74) is 6.68. The molecule has 0 spiro atoms. The molecule has 0 unspecified atom stereocenters. The standard InChI is InChI=1S/C26H21F2NO3.C19H19FO3/c1-16-3-12-25(32-15-18-5-7-19(27)8-6-18)22(13-16)24-11-4-17(2)29(24)20-9-10-23(28)21(14-20)26(30)31;1-13-3-10-19(17(11-13)18(22)9-4-14(2)21)23-12-15-5-7-16(20)8-6-15/h3-14H,15H2,1-2H3,(H,30,31);3,5-8,10-11H,4,9,12H2,1-2H3. The lowest BCUT2D eigenvalue weighted by Gasteiger charge is -2.17. The molecule has 5 aromatic carbocycles. The molecule has 282 valence electrons. The third-order valence-electron chi connectivity index (χ3n) is 8.68. The van der Waals surface area contributed by atoms with Crippen LogP contribution in [0.4, 0.5) is 13.2 Å². The lowest BCUT2D eigenvalue weighted by atomic mass is 10.0. The minimum atomic E-state index is -1.32. The molecule has 0 atom stereocenters. The Bertz CT molecular complexity index is 2310. The van der Waals surface area contributed by atoms with Crippen molar-refractivity contribution in [1.29, 1.82) is 0 Å². The van der Waals surface area contributed by atoms with Gasteiger partial charge in [-0.05, 0) is 118 Å². The summed E-state index contributed by atoms with van der Waals surface area (Å²) in [7, 11) is 0. The van der Waals surface area contributed by atoms with Gasteiger partial charge in [-0.25, -0.2) is 18.0 Å². The number of halogens is 3. The molecule has 0 amide bonds. The quantitative estimate of drug-likeness (QED) is 0.118. The number of hydrogen-bond donors (Lipinski definition) is 1. The van der Waals surface area contributed by atoms with Crippen LogP contribution in [0.2, 0.25) is 0 Å². The molecule has 7 nitrogen and oxygen atoms in total. The molecule has 0 radical (unpaired) electrons. The zero-order chi connectivity index (χ0) is 39.6. The van der Waals surface area contributed by atoms with Crippen molar-refractivity contribution in [2.45, 2.75) is 53.8 Å². The van der Waals surface area contributed by atoms with Crippen LogP contribution in [0.5, 0.6) is 11.5 Å². The molecule has 0 aliphatic rings. The Labute approximate surface area is 317 Å². The summed E-state index contributed by atoms with van der Waals surface area (Å²) in [6, 6.07) is 31.1. The summed E-state index contributed by atoms with van der Waals surface area (Å²) in [4.78, 5) is 34.8. The third kappa shape index (κ3) is 10.6. The van der Waals surface area contributed by atoms with Crippen molar-refractivity contribution in [3.8, 4) is 28.4 Å². The maximum Gasteiger partial charge on any atom is 0.338 e. The second kappa shape index (κ2) is 18.1. The first-order chi connectivity index (χ1) is 26.3. The van der Waals surface area contributed by atoms with Crippen LogP contribution in [-0.4, -0.2) is 27.2 Å². The van der Waals surface area contributed by atoms with E-state index in [1.807, 2.05) is 61.7 Å². The van der Waals surface area contributed by atoms with E-state index in [1.165, 1.54) is 37.3 Å². The highest BCUT2D eigenvalue weighted by molar-refractivity contribution is 6.00. The number of ketones is 2. The SMILES string of the molecule is CC(=O)CCC(=O)c1cc(C)ccc1OCc1ccc(F)cc1.Cc1ccc(OCc2ccc(F)cc2)c(-c2ccc(C)n2-c2ccc(F)c(C(=O)O)c2)c1. The van der Waals surface area contributed by atoms with Crippen molar-refractivity contribution in [2.75, 3.05) is 0 Å². The van der Waals surface area contributed by atoms with Crippen molar-refractivity contribution < 1.29 is 42.1 Å². The highest BCUT2D eigenvalue weighted by atomic mass is 19.1. The van der Waals surface area contributed by atoms with E-state index in [-0.39, 0.29) is 49.3 Å². The van der Waals surface area contributed by atoms with Gasteiger partial charge in [0.1, 0.15) is 47.9 Å². The number of aromatic nitrogens is 1. The minimum absolute atomic E-state index is 0.0141. The average Bonchev–Trinajstić information content (AvgIpc) is 3.55. The van der Waals surface area contributed by atoms with Crippen LogP contribution >= 0.6 is 0 Å². The van der Waals surface area contributed by atoms with Gasteiger partial charge in [0, 0.05) is 29.8 Å². The van der Waals surface area contributed by atoms with Crippen LogP contribution in [0.3, 0.4) is 0 Å². The molecule has 6 aromatic rings. The molecular formula is C45H40F3NO6. The number of aryl methyl sites for hydroxylation is 3. The zero-order valence-corrected chi connectivity index (χ0v) is 30.9. The maximum absolute atomic E-state index is 14.0. The van der Waals surface area contributed by atoms with E-state index >= 15 is 0 Å². The molecule has 0 aliphatic heterocycles. The number of carboxylic acids is 1. The van der Waals surface area contributed by atoms with Gasteiger partial charge in [-0.15, -0.1) is 0 Å². The molecule has 1 heterocycles. The molecule has 0 bridgehead atoms. The predicted octanol–water partition coefficient (Wildman–Crippen LogP) is 10.6. The fourth-order valence-corrected chi connectivity index (χ4v) is 5.77. The molecule has 0 saturated carbocycles. The Hall–Kier alpha value is -6.42. The largest absolute Gasteiger partial charge is 0.488 e. The summed E-state index contributed by atoms with van der Waals surface area (Å²) < 4.78 is 53.7. The van der Waals surface area contributed by atoms with Gasteiger partial charge in [0.05, 0.1) is 16.8 Å². The van der Waals surface area contributed by atoms with Gasteiger partial charge in [-0.2, -0.15) is 0 Å². The number of carbonyl (C=O) groups is 3. The fourth-order valence-electron chi connectivity index (χ4n) is 5.77. The number of ether oxygens (including phenoxy) is 2. The van der Waals surface area contributed by atoms with Gasteiger partial charge >= 0.3 is 5.97 Å². The van der Waals surface area contributed by atoms with Crippen LogP contribution in [0, 0.1) is 38.2 Å². The first-order valence-electron chi connectivity index (χ1n) is 17.5. The van der Waals surface area contributed by atoms with Crippen LogP contribution in [0.25, 0.3) is 16.9 Å². The van der Waals surface area contributed by atoms with Crippen LogP contribution in [0.15, 0.2) is 115 Å². The van der Waals surface area contributed by atoms with Crippen molar-refractivity contribution in [3.05, 3.63) is 172 Å². The topological polar surface area (TPSA) is 94.8 Å². The summed E-state index contributed by atoms with van der Waals surface area (Å²) in [6.45, 7) is 7.73. The number of aromatic carboxylic acids is 1. The monoisotopic (exact) mass is 747 g/mol. The van der Waals surface area contributed by atoms with Gasteiger partial charge in [-0.3, -0.25) is 4.79 Å². The Kier molecular flexibility index (Phi) is 13.1. The Morgan fingerprint density at radius 1 is 0.618 bits per heavy atom. The molecule has 1 N–H and O–H groups in total. The van der Waals surface area contributed by atoms with Crippen molar-refractivity contribution >= 4 is 17.5 Å². The summed E-state index contributed by atoms with van der Waals surface area (Å²) in [5, 5.41) is 9.33. The number of carboxylic acid groups (broad SMARTS) is 1. The molecule has 0 saturated heterocycles. The van der Waals surface area contributed by atoms with E-state index in [0.29, 0.717) is 22.7 Å². The number of nitrogens with zero attached hydrogens (tertiary/aromatic N) is 1. The molecule has 0 aliphatic carbocycles. The lowest BCUT2D eigenvalue weighted by molar-refractivity contribution is -0.117. The van der Waals surface area contributed by atoms with E-state index in [1.54, 1.807) is 42.5 Å². The summed E-state index contributed by atoms with van der Waals surface area (Å²) in [5.74, 6) is -1.74. The Morgan fingerprint density at radius 2 is 1.18 bits per heavy atom. The maximum atomic E-state index is 14.0. The number of rotatable bonds is 13. The van der Waals surface area contributed by atoms with E-state index < -0.39 is 17.3 Å². The number of benzene rings is 5. The summed E-state index contributed by atoms with van der Waals surface area (Å²) in [6.07, 6.45) is 0.399. The molecule has 10 heteroatoms. The highest BCUT2D eigenvalue weighted by Crippen LogP contribution is 2.35. The van der Waals surface area contributed by atoms with Gasteiger partial charge in [0.15, 0.2) is 5.78 Å². The first kappa shape index (κ1) is 39.8. The normalized spacial score (nSPS) is 10.7. The molecule has 0 fully saturated rings. The van der Waals surface area contributed by atoms with Crippen LogP contribution in [-0.2, 0) is 18.0 Å². The number of carbonyl (C=O) groups excluding carboxylic acids is 2. The second-order valence-electron chi connectivity index (χ2n) is 13.1. The van der Waals surface area contributed by atoms with Crippen molar-refractivity contribution in [1.82, 2.24) is 4.57 Å². The van der Waals surface area contributed by atoms with E-state index in [4.69, 9.17) is 9.47 Å². The average molecular weight is 748 g/mol. The molecule has 55 heavy (non-hydrogen) atoms. The van der Waals surface area contributed by atoms with E-state index in [9.17, 15) is 32.7 Å². The fraction of sp³-hybridized carbons (Fsp3) is 0.178. The smallest absolute Gasteiger partial charge is 0.338 e. The van der Waals surface area contributed by atoms with Crippen LogP contribution < -0.4 is 9.47 Å². The van der Waals surface area contributed by atoms with Crippen molar-refractivity contribution in [2.24, 2.45) is 0 Å². The van der Waals surface area contributed by atoms with Gasteiger partial charge < -0.3 is 23.9 Å². The molecule has 6 rings (SSSR count). The number of hydrogen-bond acceptors (Lipinski definition) is 5. The third-order valence-corrected chi connectivity index (χ3v) is 8.68. The Morgan fingerprint density at radius 3 is 1.76 bits per heavy atom. The van der Waals surface area contributed by atoms with Crippen molar-refractivity contribution in [3.63, 3.8) is 0 Å². The summed E-state index contributed by atoms with van der Waals surface area (Å²) >= 11 is 0. The van der Waals surface area contributed by atoms with Gasteiger partial charge in [-0.1, -0.05) is 47.5 Å². The second-order valence-corrected chi connectivity index (χ2v) is 13.1.